The predicted octanol–water partition coefficient (Wildman–Crippen LogP) is 2.26. The Balaban J connectivity index is 1.93. The third kappa shape index (κ3) is 4.35. The molecule has 2 aromatic rings. The van der Waals surface area contributed by atoms with Crippen molar-refractivity contribution in [1.29, 1.82) is 0 Å². The first-order chi connectivity index (χ1) is 11.0. The minimum Gasteiger partial charge on any atom is -0.490 e. The Bertz CT molecular complexity index is 721. The van der Waals surface area contributed by atoms with Crippen molar-refractivity contribution in [2.75, 3.05) is 13.2 Å². The molecule has 0 radical (unpaired) electrons. The first-order valence-corrected chi connectivity index (χ1v) is 7.25. The van der Waals surface area contributed by atoms with Crippen LogP contribution in [-0.2, 0) is 4.79 Å². The maximum absolute atomic E-state index is 12.2. The highest BCUT2D eigenvalue weighted by Gasteiger charge is 2.16. The highest BCUT2D eigenvalue weighted by molar-refractivity contribution is 5.71. The summed E-state index contributed by atoms with van der Waals surface area (Å²) in [6, 6.07) is 9.75. The van der Waals surface area contributed by atoms with E-state index in [1.54, 1.807) is 6.07 Å². The summed E-state index contributed by atoms with van der Waals surface area (Å²) in [6.45, 7) is 3.90. The number of pyridine rings is 1. The normalized spacial score (nSPS) is 11.7. The molecule has 0 amide bonds. The van der Waals surface area contributed by atoms with Crippen LogP contribution in [0.15, 0.2) is 47.4 Å². The number of rotatable bonds is 7. The molecule has 1 aromatic carbocycles. The molecule has 23 heavy (non-hydrogen) atoms. The number of nitrogens with zero attached hydrogens (tertiary/aromatic N) is 1. The summed E-state index contributed by atoms with van der Waals surface area (Å²) in [5.41, 5.74) is 0.670. The molecule has 122 valence electrons. The highest BCUT2D eigenvalue weighted by atomic mass is 16.5. The molecule has 2 rings (SSSR count). The van der Waals surface area contributed by atoms with E-state index < -0.39 is 17.6 Å². The summed E-state index contributed by atoms with van der Waals surface area (Å²) >= 11 is 0. The summed E-state index contributed by atoms with van der Waals surface area (Å²) in [6.07, 6.45) is 1.43. The highest BCUT2D eigenvalue weighted by Crippen LogP contribution is 2.11. The van der Waals surface area contributed by atoms with E-state index in [-0.39, 0.29) is 19.0 Å². The Morgan fingerprint density at radius 3 is 2.48 bits per heavy atom. The van der Waals surface area contributed by atoms with Gasteiger partial charge < -0.3 is 14.6 Å². The van der Waals surface area contributed by atoms with Crippen molar-refractivity contribution < 1.29 is 19.4 Å². The number of aliphatic carboxylic acids is 1. The van der Waals surface area contributed by atoms with E-state index >= 15 is 0 Å². The van der Waals surface area contributed by atoms with Gasteiger partial charge in [0.1, 0.15) is 25.0 Å². The Labute approximate surface area is 133 Å². The van der Waals surface area contributed by atoms with E-state index in [9.17, 15) is 9.59 Å². The molecule has 0 bridgehead atoms. The third-order valence-corrected chi connectivity index (χ3v) is 3.34. The van der Waals surface area contributed by atoms with Crippen LogP contribution in [0.5, 0.6) is 11.5 Å². The van der Waals surface area contributed by atoms with Gasteiger partial charge in [-0.25, -0.2) is 4.79 Å². The molecule has 1 heterocycles. The lowest BCUT2D eigenvalue weighted by Gasteiger charge is -2.13. The van der Waals surface area contributed by atoms with Crippen LogP contribution in [0.3, 0.4) is 0 Å². The van der Waals surface area contributed by atoms with Crippen LogP contribution >= 0.6 is 0 Å². The van der Waals surface area contributed by atoms with Crippen LogP contribution in [0.1, 0.15) is 18.5 Å². The fraction of sp³-hybridized carbons (Fsp3) is 0.294. The SMILES string of the molecule is Cc1ccc(OCCOc2cccn(C(C)C(=O)O)c2=O)cc1. The largest absolute Gasteiger partial charge is 0.490 e. The summed E-state index contributed by atoms with van der Waals surface area (Å²) < 4.78 is 12.0. The number of ether oxygens (including phenoxy) is 2. The van der Waals surface area contributed by atoms with Crippen molar-refractivity contribution in [2.45, 2.75) is 19.9 Å². The molecular weight excluding hydrogens is 298 g/mol. The molecular formula is C17H19NO5. The van der Waals surface area contributed by atoms with Gasteiger partial charge in [-0.3, -0.25) is 9.36 Å². The molecule has 1 atom stereocenters. The Kier molecular flexibility index (Phi) is 5.41. The second-order valence-corrected chi connectivity index (χ2v) is 5.11. The van der Waals surface area contributed by atoms with E-state index in [1.807, 2.05) is 31.2 Å². The lowest BCUT2D eigenvalue weighted by molar-refractivity contribution is -0.140. The topological polar surface area (TPSA) is 77.8 Å². The number of carboxylic acid groups (broad SMARTS) is 1. The van der Waals surface area contributed by atoms with Crippen molar-refractivity contribution in [3.8, 4) is 11.5 Å². The maximum atomic E-state index is 12.2. The van der Waals surface area contributed by atoms with Crippen molar-refractivity contribution >= 4 is 5.97 Å². The van der Waals surface area contributed by atoms with Crippen LogP contribution in [-0.4, -0.2) is 28.9 Å². The molecule has 1 N–H and O–H groups in total. The number of aryl methyl sites for hydroxylation is 1. The van der Waals surface area contributed by atoms with Crippen molar-refractivity contribution in [3.63, 3.8) is 0 Å². The predicted molar refractivity (Wildman–Crippen MR) is 85.2 cm³/mol. The number of hydrogen-bond donors (Lipinski definition) is 1. The van der Waals surface area contributed by atoms with Crippen molar-refractivity contribution in [1.82, 2.24) is 4.57 Å². The molecule has 0 aliphatic heterocycles. The molecule has 6 nitrogen and oxygen atoms in total. The quantitative estimate of drug-likeness (QED) is 0.793. The molecule has 1 aromatic heterocycles. The van der Waals surface area contributed by atoms with Crippen LogP contribution in [0.4, 0.5) is 0 Å². The number of benzene rings is 1. The average Bonchev–Trinajstić information content (AvgIpc) is 2.54. The summed E-state index contributed by atoms with van der Waals surface area (Å²) in [4.78, 5) is 23.1. The zero-order valence-electron chi connectivity index (χ0n) is 13.1. The van der Waals surface area contributed by atoms with Crippen molar-refractivity contribution in [2.24, 2.45) is 0 Å². The fourth-order valence-corrected chi connectivity index (χ4v) is 1.97. The van der Waals surface area contributed by atoms with E-state index in [0.717, 1.165) is 15.9 Å². The van der Waals surface area contributed by atoms with Crippen LogP contribution < -0.4 is 15.0 Å². The van der Waals surface area contributed by atoms with Gasteiger partial charge in [0.2, 0.25) is 0 Å². The molecule has 0 aliphatic carbocycles. The standard InChI is InChI=1S/C17H19NO5/c1-12-5-7-14(8-6-12)22-10-11-23-15-4-3-9-18(16(15)19)13(2)17(20)21/h3-9,13H,10-11H2,1-2H3,(H,20,21). The zero-order valence-corrected chi connectivity index (χ0v) is 13.1. The lowest BCUT2D eigenvalue weighted by atomic mass is 10.2. The number of aromatic nitrogens is 1. The summed E-state index contributed by atoms with van der Waals surface area (Å²) in [5.74, 6) is -0.246. The zero-order chi connectivity index (χ0) is 16.8. The molecule has 0 fully saturated rings. The van der Waals surface area contributed by atoms with Crippen LogP contribution in [0.25, 0.3) is 0 Å². The first-order valence-electron chi connectivity index (χ1n) is 7.25. The van der Waals surface area contributed by atoms with Gasteiger partial charge in [-0.05, 0) is 38.1 Å². The van der Waals surface area contributed by atoms with E-state index in [0.29, 0.717) is 0 Å². The van der Waals surface area contributed by atoms with Gasteiger partial charge in [0, 0.05) is 6.20 Å². The van der Waals surface area contributed by atoms with Gasteiger partial charge in [-0.2, -0.15) is 0 Å². The smallest absolute Gasteiger partial charge is 0.326 e. The van der Waals surface area contributed by atoms with Gasteiger partial charge in [-0.1, -0.05) is 17.7 Å². The Morgan fingerprint density at radius 1 is 1.17 bits per heavy atom. The first kappa shape index (κ1) is 16.6. The second kappa shape index (κ2) is 7.49. The van der Waals surface area contributed by atoms with Gasteiger partial charge in [0.05, 0.1) is 0 Å². The molecule has 0 saturated carbocycles. The van der Waals surface area contributed by atoms with Gasteiger partial charge >= 0.3 is 5.97 Å². The molecule has 0 spiro atoms. The minimum atomic E-state index is -1.08. The molecule has 0 saturated heterocycles. The van der Waals surface area contributed by atoms with Crippen molar-refractivity contribution in [3.05, 3.63) is 58.5 Å². The number of hydrogen-bond acceptors (Lipinski definition) is 4. The van der Waals surface area contributed by atoms with E-state index in [1.165, 1.54) is 19.2 Å². The molecule has 0 aliphatic rings. The Hall–Kier alpha value is -2.76. The molecule has 1 unspecified atom stereocenters. The van der Waals surface area contributed by atoms with E-state index in [2.05, 4.69) is 0 Å². The maximum Gasteiger partial charge on any atom is 0.326 e. The van der Waals surface area contributed by atoms with E-state index in [4.69, 9.17) is 14.6 Å². The summed E-state index contributed by atoms with van der Waals surface area (Å²) in [5, 5.41) is 8.99. The fourth-order valence-electron chi connectivity index (χ4n) is 1.97. The second-order valence-electron chi connectivity index (χ2n) is 5.11. The lowest BCUT2D eigenvalue weighted by Crippen LogP contribution is -2.28. The minimum absolute atomic E-state index is 0.105. The molecule has 6 heteroatoms. The number of carbonyl (C=O) groups is 1. The third-order valence-electron chi connectivity index (χ3n) is 3.34. The van der Waals surface area contributed by atoms with Gasteiger partial charge in [0.25, 0.3) is 5.56 Å². The number of carboxylic acids is 1. The van der Waals surface area contributed by atoms with Crippen LogP contribution in [0, 0.1) is 6.92 Å². The average molecular weight is 317 g/mol. The van der Waals surface area contributed by atoms with Gasteiger partial charge in [-0.15, -0.1) is 0 Å². The summed E-state index contributed by atoms with van der Waals surface area (Å²) in [7, 11) is 0. The van der Waals surface area contributed by atoms with Crippen LogP contribution in [0.2, 0.25) is 0 Å². The Morgan fingerprint density at radius 2 is 1.83 bits per heavy atom. The monoisotopic (exact) mass is 317 g/mol. The van der Waals surface area contributed by atoms with Gasteiger partial charge in [0.15, 0.2) is 5.75 Å².